The smallest absolute Gasteiger partial charge is 0.233 e. The maximum absolute atomic E-state index is 12.7. The molecule has 4 rings (SSSR count). The van der Waals surface area contributed by atoms with E-state index in [1.807, 2.05) is 48.1 Å². The van der Waals surface area contributed by atoms with Gasteiger partial charge in [-0.15, -0.1) is 0 Å². The molecule has 1 N–H and O–H groups in total. The van der Waals surface area contributed by atoms with E-state index in [9.17, 15) is 14.4 Å². The van der Waals surface area contributed by atoms with E-state index < -0.39 is 6.04 Å². The quantitative estimate of drug-likeness (QED) is 0.761. The number of amides is 3. The molecule has 1 aliphatic carbocycles. The summed E-state index contributed by atoms with van der Waals surface area (Å²) in [6.45, 7) is 0.137. The van der Waals surface area contributed by atoms with Crippen LogP contribution in [0.2, 0.25) is 0 Å². The topological polar surface area (TPSA) is 84.3 Å². The predicted molar refractivity (Wildman–Crippen MR) is 106 cm³/mol. The summed E-state index contributed by atoms with van der Waals surface area (Å²) >= 11 is 0. The Morgan fingerprint density at radius 3 is 2.38 bits per heavy atom. The minimum absolute atomic E-state index is 0.0880. The Hall–Kier alpha value is -2.96. The maximum atomic E-state index is 12.7. The molecule has 1 aromatic heterocycles. The van der Waals surface area contributed by atoms with Crippen LogP contribution >= 0.6 is 0 Å². The summed E-state index contributed by atoms with van der Waals surface area (Å²) in [6, 6.07) is 9.25. The first-order valence-corrected chi connectivity index (χ1v) is 10.2. The minimum Gasteiger partial charge on any atom is -0.342 e. The molecule has 2 aliphatic rings. The van der Waals surface area contributed by atoms with E-state index >= 15 is 0 Å². The molecule has 7 nitrogen and oxygen atoms in total. The van der Waals surface area contributed by atoms with Gasteiger partial charge in [-0.25, -0.2) is 4.98 Å². The zero-order valence-corrected chi connectivity index (χ0v) is 16.6. The van der Waals surface area contributed by atoms with E-state index in [1.54, 1.807) is 6.20 Å². The molecule has 1 saturated carbocycles. The molecule has 7 heteroatoms. The molecular weight excluding hydrogens is 368 g/mol. The molecule has 1 saturated heterocycles. The van der Waals surface area contributed by atoms with Crippen molar-refractivity contribution < 1.29 is 14.4 Å². The summed E-state index contributed by atoms with van der Waals surface area (Å²) in [6.07, 6.45) is 7.18. The monoisotopic (exact) mass is 394 g/mol. The number of fused-ring (bicyclic) bond motifs is 1. The second kappa shape index (κ2) is 8.19. The molecule has 0 spiro atoms. The number of rotatable bonds is 6. The average molecular weight is 394 g/mol. The van der Waals surface area contributed by atoms with Crippen molar-refractivity contribution >= 4 is 17.7 Å². The number of hydrogen-bond acceptors (Lipinski definition) is 4. The number of benzene rings is 1. The number of imidazole rings is 1. The van der Waals surface area contributed by atoms with Gasteiger partial charge in [0.15, 0.2) is 0 Å². The van der Waals surface area contributed by atoms with Gasteiger partial charge in [0.25, 0.3) is 0 Å². The number of imide groups is 1. The van der Waals surface area contributed by atoms with Crippen molar-refractivity contribution in [2.75, 3.05) is 6.54 Å². The molecule has 1 aromatic carbocycles. The second-order valence-corrected chi connectivity index (χ2v) is 7.88. The van der Waals surface area contributed by atoms with Gasteiger partial charge < -0.3 is 9.88 Å². The standard InChI is InChI=1S/C22H26N4O3/c1-25-14-12-23-20(25)19(15-7-3-2-4-8-15)24-18(27)11-13-26-21(28)16-9-5-6-10-17(16)22(26)29/h2-4,7-8,12,14,16-17,19H,5-6,9-11,13H2,1H3,(H,24,27)/t16-,17+,19-/m0/s1. The first-order chi connectivity index (χ1) is 14.1. The second-order valence-electron chi connectivity index (χ2n) is 7.88. The van der Waals surface area contributed by atoms with Crippen LogP contribution in [0.1, 0.15) is 49.5 Å². The van der Waals surface area contributed by atoms with Gasteiger partial charge in [-0.05, 0) is 18.4 Å². The Morgan fingerprint density at radius 1 is 1.14 bits per heavy atom. The molecule has 2 fully saturated rings. The molecule has 0 bridgehead atoms. The third kappa shape index (κ3) is 3.81. The largest absolute Gasteiger partial charge is 0.342 e. The number of aryl methyl sites for hydroxylation is 1. The number of carbonyl (C=O) groups excluding carboxylic acids is 3. The third-order valence-corrected chi connectivity index (χ3v) is 6.05. The highest BCUT2D eigenvalue weighted by atomic mass is 16.2. The van der Waals surface area contributed by atoms with Gasteiger partial charge in [-0.3, -0.25) is 19.3 Å². The summed E-state index contributed by atoms with van der Waals surface area (Å²) in [5.74, 6) is -0.0402. The summed E-state index contributed by atoms with van der Waals surface area (Å²) < 4.78 is 1.87. The molecule has 2 aromatic rings. The summed E-state index contributed by atoms with van der Waals surface area (Å²) in [4.78, 5) is 43.6. The molecule has 2 heterocycles. The lowest BCUT2D eigenvalue weighted by Crippen LogP contribution is -2.37. The predicted octanol–water partition coefficient (Wildman–Crippen LogP) is 2.19. The van der Waals surface area contributed by atoms with Crippen LogP contribution in [0.5, 0.6) is 0 Å². The Morgan fingerprint density at radius 2 is 1.79 bits per heavy atom. The van der Waals surface area contributed by atoms with Gasteiger partial charge in [0.05, 0.1) is 11.8 Å². The van der Waals surface area contributed by atoms with Gasteiger partial charge in [0, 0.05) is 32.4 Å². The van der Waals surface area contributed by atoms with E-state index in [4.69, 9.17) is 0 Å². The van der Waals surface area contributed by atoms with Gasteiger partial charge in [-0.1, -0.05) is 43.2 Å². The van der Waals surface area contributed by atoms with Crippen LogP contribution in [0.4, 0.5) is 0 Å². The van der Waals surface area contributed by atoms with Gasteiger partial charge in [-0.2, -0.15) is 0 Å². The highest BCUT2D eigenvalue weighted by Gasteiger charge is 2.47. The van der Waals surface area contributed by atoms with Crippen molar-refractivity contribution in [3.05, 3.63) is 54.1 Å². The zero-order valence-electron chi connectivity index (χ0n) is 16.6. The normalized spacial score (nSPS) is 22.4. The number of likely N-dealkylation sites (tertiary alicyclic amines) is 1. The summed E-state index contributed by atoms with van der Waals surface area (Å²) in [5, 5.41) is 3.02. The Kier molecular flexibility index (Phi) is 5.47. The van der Waals surface area contributed by atoms with Crippen molar-refractivity contribution in [1.29, 1.82) is 0 Å². The van der Waals surface area contributed by atoms with Crippen molar-refractivity contribution in [1.82, 2.24) is 19.8 Å². The molecule has 0 radical (unpaired) electrons. The van der Waals surface area contributed by atoms with E-state index in [0.29, 0.717) is 0 Å². The van der Waals surface area contributed by atoms with Crippen LogP contribution in [0, 0.1) is 11.8 Å². The van der Waals surface area contributed by atoms with E-state index in [2.05, 4.69) is 10.3 Å². The number of nitrogens with one attached hydrogen (secondary N) is 1. The first-order valence-electron chi connectivity index (χ1n) is 10.2. The fourth-order valence-corrected chi connectivity index (χ4v) is 4.50. The molecular formula is C22H26N4O3. The fraction of sp³-hybridized carbons (Fsp3) is 0.455. The first kappa shape index (κ1) is 19.4. The number of carbonyl (C=O) groups is 3. The third-order valence-electron chi connectivity index (χ3n) is 6.05. The van der Waals surface area contributed by atoms with Gasteiger partial charge in [0.1, 0.15) is 11.9 Å². The van der Waals surface area contributed by atoms with Crippen LogP contribution in [0.25, 0.3) is 0 Å². The lowest BCUT2D eigenvalue weighted by Gasteiger charge is -2.20. The van der Waals surface area contributed by atoms with Crippen LogP contribution in [0.15, 0.2) is 42.7 Å². The molecule has 1 aliphatic heterocycles. The zero-order chi connectivity index (χ0) is 20.4. The molecule has 3 amide bonds. The summed E-state index contributed by atoms with van der Waals surface area (Å²) in [7, 11) is 1.88. The Bertz CT molecular complexity index is 884. The number of aromatic nitrogens is 2. The minimum atomic E-state index is -0.392. The van der Waals surface area contributed by atoms with Gasteiger partial charge >= 0.3 is 0 Å². The lowest BCUT2D eigenvalue weighted by molar-refractivity contribution is -0.140. The maximum Gasteiger partial charge on any atom is 0.233 e. The Balaban J connectivity index is 1.43. The van der Waals surface area contributed by atoms with Gasteiger partial charge in [0.2, 0.25) is 17.7 Å². The van der Waals surface area contributed by atoms with Crippen molar-refractivity contribution in [2.45, 2.75) is 38.1 Å². The molecule has 29 heavy (non-hydrogen) atoms. The Labute approximate surface area is 170 Å². The molecule has 0 unspecified atom stereocenters. The van der Waals surface area contributed by atoms with Crippen LogP contribution in [0.3, 0.4) is 0 Å². The number of hydrogen-bond donors (Lipinski definition) is 1. The molecule has 3 atom stereocenters. The number of nitrogens with zero attached hydrogens (tertiary/aromatic N) is 3. The highest BCUT2D eigenvalue weighted by Crippen LogP contribution is 2.38. The van der Waals surface area contributed by atoms with Crippen LogP contribution < -0.4 is 5.32 Å². The van der Waals surface area contributed by atoms with E-state index in [0.717, 1.165) is 37.1 Å². The SMILES string of the molecule is Cn1ccnc1[C@@H](NC(=O)CCN1C(=O)[C@H]2CCCC[C@H]2C1=O)c1ccccc1. The van der Waals surface area contributed by atoms with E-state index in [-0.39, 0.29) is 42.5 Å². The average Bonchev–Trinajstić information content (AvgIpc) is 3.27. The van der Waals surface area contributed by atoms with Crippen LogP contribution in [-0.2, 0) is 21.4 Å². The summed E-state index contributed by atoms with van der Waals surface area (Å²) in [5.41, 5.74) is 0.925. The molecule has 152 valence electrons. The highest BCUT2D eigenvalue weighted by molar-refractivity contribution is 6.05. The van der Waals surface area contributed by atoms with Crippen molar-refractivity contribution in [3.63, 3.8) is 0 Å². The fourth-order valence-electron chi connectivity index (χ4n) is 4.50. The van der Waals surface area contributed by atoms with E-state index in [1.165, 1.54) is 4.90 Å². The van der Waals surface area contributed by atoms with Crippen molar-refractivity contribution in [3.8, 4) is 0 Å². The van der Waals surface area contributed by atoms with Crippen molar-refractivity contribution in [2.24, 2.45) is 18.9 Å². The lowest BCUT2D eigenvalue weighted by atomic mass is 9.81. The van der Waals surface area contributed by atoms with Crippen LogP contribution in [-0.4, -0.2) is 38.7 Å².